The van der Waals surface area contributed by atoms with Crippen molar-refractivity contribution >= 4 is 0 Å². The number of rotatable bonds is 5. The standard InChI is InChI=1S/C11H20N2/c1-4-11-8-12-9-13(11)7-5-6-10(2)3/h8-10H,4-7H2,1-3H3. The largest absolute Gasteiger partial charge is 0.335 e. The molecular weight excluding hydrogens is 160 g/mol. The second-order valence-corrected chi connectivity index (χ2v) is 3.97. The van der Waals surface area contributed by atoms with Gasteiger partial charge in [0.2, 0.25) is 0 Å². The number of hydrogen-bond acceptors (Lipinski definition) is 1. The minimum absolute atomic E-state index is 0.814. The molecule has 0 radical (unpaired) electrons. The van der Waals surface area contributed by atoms with Crippen molar-refractivity contribution in [2.45, 2.75) is 46.6 Å². The molecule has 2 nitrogen and oxygen atoms in total. The van der Waals surface area contributed by atoms with Gasteiger partial charge in [-0.2, -0.15) is 0 Å². The normalized spacial score (nSPS) is 11.1. The fraction of sp³-hybridized carbons (Fsp3) is 0.727. The maximum absolute atomic E-state index is 4.15. The van der Waals surface area contributed by atoms with Crippen LogP contribution in [0.2, 0.25) is 0 Å². The zero-order valence-corrected chi connectivity index (χ0v) is 8.95. The molecule has 0 saturated heterocycles. The van der Waals surface area contributed by atoms with E-state index in [1.807, 2.05) is 12.5 Å². The van der Waals surface area contributed by atoms with Crippen molar-refractivity contribution < 1.29 is 0 Å². The lowest BCUT2D eigenvalue weighted by Crippen LogP contribution is -2.02. The quantitative estimate of drug-likeness (QED) is 0.681. The van der Waals surface area contributed by atoms with E-state index < -0.39 is 0 Å². The van der Waals surface area contributed by atoms with Gasteiger partial charge in [0, 0.05) is 18.4 Å². The Morgan fingerprint density at radius 2 is 2.23 bits per heavy atom. The Kier molecular flexibility index (Phi) is 4.00. The summed E-state index contributed by atoms with van der Waals surface area (Å²) in [6.07, 6.45) is 7.57. The van der Waals surface area contributed by atoms with E-state index in [-0.39, 0.29) is 0 Å². The van der Waals surface area contributed by atoms with E-state index in [9.17, 15) is 0 Å². The van der Waals surface area contributed by atoms with Crippen LogP contribution in [0.5, 0.6) is 0 Å². The highest BCUT2D eigenvalue weighted by Crippen LogP contribution is 2.07. The Morgan fingerprint density at radius 1 is 1.46 bits per heavy atom. The molecule has 0 unspecified atom stereocenters. The molecule has 0 aromatic carbocycles. The van der Waals surface area contributed by atoms with Gasteiger partial charge >= 0.3 is 0 Å². The molecule has 0 bridgehead atoms. The summed E-state index contributed by atoms with van der Waals surface area (Å²) in [4.78, 5) is 4.15. The molecule has 0 spiro atoms. The third-order valence-electron chi connectivity index (χ3n) is 2.34. The van der Waals surface area contributed by atoms with Gasteiger partial charge in [0.25, 0.3) is 0 Å². The van der Waals surface area contributed by atoms with E-state index >= 15 is 0 Å². The summed E-state index contributed by atoms with van der Waals surface area (Å²) in [6.45, 7) is 7.85. The van der Waals surface area contributed by atoms with Crippen LogP contribution in [0.3, 0.4) is 0 Å². The number of aryl methyl sites for hydroxylation is 2. The molecule has 1 aromatic heterocycles. The predicted molar refractivity (Wildman–Crippen MR) is 55.7 cm³/mol. The van der Waals surface area contributed by atoms with Crippen LogP contribution >= 0.6 is 0 Å². The Bertz CT molecular complexity index is 238. The highest BCUT2D eigenvalue weighted by molar-refractivity contribution is 4.97. The molecule has 1 aromatic rings. The Balaban J connectivity index is 2.36. The molecule has 0 aliphatic heterocycles. The monoisotopic (exact) mass is 180 g/mol. The summed E-state index contributed by atoms with van der Waals surface area (Å²) < 4.78 is 2.27. The number of imidazole rings is 1. The van der Waals surface area contributed by atoms with Gasteiger partial charge < -0.3 is 4.57 Å². The van der Waals surface area contributed by atoms with Crippen LogP contribution in [0, 0.1) is 5.92 Å². The van der Waals surface area contributed by atoms with Crippen LogP contribution in [-0.4, -0.2) is 9.55 Å². The maximum atomic E-state index is 4.15. The van der Waals surface area contributed by atoms with Gasteiger partial charge in [-0.05, 0) is 25.2 Å². The molecule has 0 fully saturated rings. The van der Waals surface area contributed by atoms with Crippen LogP contribution in [0.1, 0.15) is 39.3 Å². The van der Waals surface area contributed by atoms with E-state index in [2.05, 4.69) is 30.3 Å². The molecule has 0 amide bonds. The van der Waals surface area contributed by atoms with Crippen molar-refractivity contribution in [3.05, 3.63) is 18.2 Å². The summed E-state index contributed by atoms with van der Waals surface area (Å²) in [6, 6.07) is 0. The summed E-state index contributed by atoms with van der Waals surface area (Å²) in [7, 11) is 0. The predicted octanol–water partition coefficient (Wildman–Crippen LogP) is 2.88. The molecule has 0 aliphatic carbocycles. The molecule has 0 N–H and O–H groups in total. The highest BCUT2D eigenvalue weighted by atomic mass is 15.0. The van der Waals surface area contributed by atoms with Crippen molar-refractivity contribution in [3.8, 4) is 0 Å². The number of nitrogens with zero attached hydrogens (tertiary/aromatic N) is 2. The van der Waals surface area contributed by atoms with E-state index in [1.54, 1.807) is 0 Å². The third kappa shape index (κ3) is 3.21. The topological polar surface area (TPSA) is 17.8 Å². The lowest BCUT2D eigenvalue weighted by Gasteiger charge is -2.07. The van der Waals surface area contributed by atoms with Gasteiger partial charge in [0.1, 0.15) is 0 Å². The van der Waals surface area contributed by atoms with E-state index in [0.29, 0.717) is 0 Å². The Labute approximate surface area is 81.0 Å². The fourth-order valence-electron chi connectivity index (χ4n) is 1.51. The second-order valence-electron chi connectivity index (χ2n) is 3.97. The molecular formula is C11H20N2. The SMILES string of the molecule is CCc1cncn1CCCC(C)C. The highest BCUT2D eigenvalue weighted by Gasteiger charge is 1.99. The van der Waals surface area contributed by atoms with Crippen LogP contribution in [0.15, 0.2) is 12.5 Å². The van der Waals surface area contributed by atoms with Crippen molar-refractivity contribution in [3.63, 3.8) is 0 Å². The third-order valence-corrected chi connectivity index (χ3v) is 2.34. The van der Waals surface area contributed by atoms with Gasteiger partial charge in [0.05, 0.1) is 6.33 Å². The molecule has 1 rings (SSSR count). The second kappa shape index (κ2) is 5.05. The summed E-state index contributed by atoms with van der Waals surface area (Å²) in [5.74, 6) is 0.814. The van der Waals surface area contributed by atoms with Gasteiger partial charge in [-0.3, -0.25) is 0 Å². The average Bonchev–Trinajstić information content (AvgIpc) is 2.51. The van der Waals surface area contributed by atoms with Crippen LogP contribution in [0.4, 0.5) is 0 Å². The maximum Gasteiger partial charge on any atom is 0.0948 e. The van der Waals surface area contributed by atoms with E-state index in [0.717, 1.165) is 18.9 Å². The van der Waals surface area contributed by atoms with Gasteiger partial charge in [-0.25, -0.2) is 4.98 Å². The summed E-state index contributed by atoms with van der Waals surface area (Å²) in [5.41, 5.74) is 1.35. The van der Waals surface area contributed by atoms with Crippen molar-refractivity contribution in [2.24, 2.45) is 5.92 Å². The lowest BCUT2D eigenvalue weighted by atomic mass is 10.1. The van der Waals surface area contributed by atoms with Gasteiger partial charge in [0.15, 0.2) is 0 Å². The van der Waals surface area contributed by atoms with Gasteiger partial charge in [-0.15, -0.1) is 0 Å². The first-order chi connectivity index (χ1) is 6.24. The molecule has 0 aliphatic rings. The molecule has 2 heteroatoms. The first-order valence-electron chi connectivity index (χ1n) is 5.23. The average molecular weight is 180 g/mol. The molecule has 1 heterocycles. The van der Waals surface area contributed by atoms with Crippen LogP contribution in [0.25, 0.3) is 0 Å². The minimum Gasteiger partial charge on any atom is -0.335 e. The van der Waals surface area contributed by atoms with Crippen LogP contribution < -0.4 is 0 Å². The molecule has 13 heavy (non-hydrogen) atoms. The molecule has 0 atom stereocenters. The first kappa shape index (κ1) is 10.3. The number of hydrogen-bond donors (Lipinski definition) is 0. The zero-order valence-electron chi connectivity index (χ0n) is 8.95. The molecule has 74 valence electrons. The Morgan fingerprint density at radius 3 is 2.85 bits per heavy atom. The smallest absolute Gasteiger partial charge is 0.0948 e. The summed E-state index contributed by atoms with van der Waals surface area (Å²) >= 11 is 0. The van der Waals surface area contributed by atoms with Crippen molar-refractivity contribution in [2.75, 3.05) is 0 Å². The van der Waals surface area contributed by atoms with Crippen molar-refractivity contribution in [1.29, 1.82) is 0 Å². The van der Waals surface area contributed by atoms with E-state index in [4.69, 9.17) is 0 Å². The first-order valence-corrected chi connectivity index (χ1v) is 5.23. The fourth-order valence-corrected chi connectivity index (χ4v) is 1.51. The number of aromatic nitrogens is 2. The summed E-state index contributed by atoms with van der Waals surface area (Å²) in [5, 5.41) is 0. The van der Waals surface area contributed by atoms with E-state index in [1.165, 1.54) is 18.5 Å². The van der Waals surface area contributed by atoms with Crippen molar-refractivity contribution in [1.82, 2.24) is 9.55 Å². The minimum atomic E-state index is 0.814. The van der Waals surface area contributed by atoms with Crippen LogP contribution in [-0.2, 0) is 13.0 Å². The van der Waals surface area contributed by atoms with Gasteiger partial charge in [-0.1, -0.05) is 20.8 Å². The zero-order chi connectivity index (χ0) is 9.68. The lowest BCUT2D eigenvalue weighted by molar-refractivity contribution is 0.506. The molecule has 0 saturated carbocycles. The Hall–Kier alpha value is -0.790.